The van der Waals surface area contributed by atoms with Crippen LogP contribution in [0.1, 0.15) is 6.42 Å². The summed E-state index contributed by atoms with van der Waals surface area (Å²) in [7, 11) is 0. The van der Waals surface area contributed by atoms with Crippen LogP contribution in [0, 0.1) is 5.92 Å². The molecule has 0 aromatic carbocycles. The van der Waals surface area contributed by atoms with Crippen LogP contribution in [0.25, 0.3) is 0 Å². The minimum absolute atomic E-state index is 0.141. The van der Waals surface area contributed by atoms with E-state index in [0.717, 1.165) is 0 Å². The van der Waals surface area contributed by atoms with Crippen molar-refractivity contribution in [1.29, 1.82) is 0 Å². The molecule has 0 saturated carbocycles. The fourth-order valence-electron chi connectivity index (χ4n) is 0.732. The van der Waals surface area contributed by atoms with Gasteiger partial charge >= 0.3 is 0 Å². The lowest BCUT2D eigenvalue weighted by atomic mass is 10.1. The molecule has 2 amide bonds. The Balaban J connectivity index is 2.58. The highest BCUT2D eigenvalue weighted by Gasteiger charge is 2.28. The number of carbonyl (C=O) groups is 2. The molecule has 0 radical (unpaired) electrons. The van der Waals surface area contributed by atoms with Crippen LogP contribution >= 0.6 is 15.9 Å². The maximum absolute atomic E-state index is 10.7. The molecule has 0 bridgehead atoms. The number of nitrogens with one attached hydrogen (secondary N) is 1. The Hall–Kier alpha value is -0.380. The SMILES string of the molecule is O=C1CC(CBr)C(=O)N1. The largest absolute Gasteiger partial charge is 0.296 e. The summed E-state index contributed by atoms with van der Waals surface area (Å²) in [5.41, 5.74) is 0. The van der Waals surface area contributed by atoms with E-state index >= 15 is 0 Å². The Morgan fingerprint density at radius 2 is 2.33 bits per heavy atom. The first-order valence-electron chi connectivity index (χ1n) is 2.63. The second-order valence-corrected chi connectivity index (χ2v) is 2.62. The fraction of sp³-hybridized carbons (Fsp3) is 0.600. The van der Waals surface area contributed by atoms with Crippen LogP contribution in [0.2, 0.25) is 0 Å². The van der Waals surface area contributed by atoms with E-state index < -0.39 is 0 Å². The molecule has 1 rings (SSSR count). The number of alkyl halides is 1. The Bertz CT molecular complexity index is 157. The van der Waals surface area contributed by atoms with Gasteiger partial charge in [-0.05, 0) is 0 Å². The van der Waals surface area contributed by atoms with Crippen molar-refractivity contribution in [2.24, 2.45) is 5.92 Å². The van der Waals surface area contributed by atoms with Gasteiger partial charge in [-0.15, -0.1) is 0 Å². The lowest BCUT2D eigenvalue weighted by molar-refractivity contribution is -0.125. The molecule has 1 aliphatic rings. The summed E-state index contributed by atoms with van der Waals surface area (Å²) >= 11 is 3.13. The summed E-state index contributed by atoms with van der Waals surface area (Å²) < 4.78 is 0. The molecule has 0 aromatic heterocycles. The van der Waals surface area contributed by atoms with E-state index in [2.05, 4.69) is 21.2 Å². The first kappa shape index (κ1) is 6.74. The van der Waals surface area contributed by atoms with Gasteiger partial charge in [-0.1, -0.05) is 15.9 Å². The molecule has 1 fully saturated rings. The maximum atomic E-state index is 10.7. The molecule has 1 aliphatic heterocycles. The van der Waals surface area contributed by atoms with Crippen LogP contribution < -0.4 is 5.32 Å². The average Bonchev–Trinajstić information content (AvgIpc) is 2.10. The molecule has 1 atom stereocenters. The predicted molar refractivity (Wildman–Crippen MR) is 35.1 cm³/mol. The smallest absolute Gasteiger partial charge is 0.231 e. The number of hydrogen-bond acceptors (Lipinski definition) is 2. The molecule has 0 aliphatic carbocycles. The molecule has 0 aromatic rings. The highest BCUT2D eigenvalue weighted by atomic mass is 79.9. The first-order chi connectivity index (χ1) is 4.24. The van der Waals surface area contributed by atoms with Crippen molar-refractivity contribution in [2.75, 3.05) is 5.33 Å². The summed E-state index contributed by atoms with van der Waals surface area (Å²) in [5.74, 6) is -0.459. The zero-order chi connectivity index (χ0) is 6.85. The van der Waals surface area contributed by atoms with Crippen LogP contribution in [-0.2, 0) is 9.59 Å². The first-order valence-corrected chi connectivity index (χ1v) is 3.76. The Morgan fingerprint density at radius 3 is 2.56 bits per heavy atom. The Kier molecular flexibility index (Phi) is 1.85. The lowest BCUT2D eigenvalue weighted by Crippen LogP contribution is -2.22. The zero-order valence-electron chi connectivity index (χ0n) is 4.69. The van der Waals surface area contributed by atoms with E-state index in [1.54, 1.807) is 0 Å². The number of imide groups is 1. The van der Waals surface area contributed by atoms with Crippen molar-refractivity contribution in [3.63, 3.8) is 0 Å². The van der Waals surface area contributed by atoms with Crippen molar-refractivity contribution >= 4 is 27.7 Å². The van der Waals surface area contributed by atoms with E-state index in [1.807, 2.05) is 0 Å². The molecule has 4 heteroatoms. The number of amides is 2. The number of hydrogen-bond donors (Lipinski definition) is 1. The molecular weight excluding hydrogens is 186 g/mol. The molecule has 1 N–H and O–H groups in total. The van der Waals surface area contributed by atoms with Crippen molar-refractivity contribution in [3.8, 4) is 0 Å². The van der Waals surface area contributed by atoms with Gasteiger partial charge in [-0.2, -0.15) is 0 Å². The van der Waals surface area contributed by atoms with Crippen LogP contribution in [0.4, 0.5) is 0 Å². The second-order valence-electron chi connectivity index (χ2n) is 1.97. The third-order valence-corrected chi connectivity index (χ3v) is 2.03. The molecule has 0 spiro atoms. The van der Waals surface area contributed by atoms with Crippen molar-refractivity contribution in [2.45, 2.75) is 6.42 Å². The molecular formula is C5H6BrNO2. The Morgan fingerprint density at radius 1 is 1.67 bits per heavy atom. The van der Waals surface area contributed by atoms with Gasteiger partial charge in [0.25, 0.3) is 0 Å². The van der Waals surface area contributed by atoms with Crippen molar-refractivity contribution in [1.82, 2.24) is 5.32 Å². The van der Waals surface area contributed by atoms with E-state index in [-0.39, 0.29) is 17.7 Å². The summed E-state index contributed by atoms with van der Waals surface area (Å²) in [6.07, 6.45) is 0.337. The summed E-state index contributed by atoms with van der Waals surface area (Å²) in [4.78, 5) is 21.1. The topological polar surface area (TPSA) is 46.2 Å². The van der Waals surface area contributed by atoms with Gasteiger partial charge in [0.2, 0.25) is 11.8 Å². The van der Waals surface area contributed by atoms with E-state index in [9.17, 15) is 9.59 Å². The van der Waals surface area contributed by atoms with Crippen molar-refractivity contribution < 1.29 is 9.59 Å². The van der Waals surface area contributed by atoms with Crippen LogP contribution in [-0.4, -0.2) is 17.1 Å². The zero-order valence-corrected chi connectivity index (χ0v) is 6.27. The van der Waals surface area contributed by atoms with Gasteiger partial charge in [0.1, 0.15) is 0 Å². The standard InChI is InChI=1S/C5H6BrNO2/c6-2-3-1-4(8)7-5(3)9/h3H,1-2H2,(H,7,8,9). The number of halogens is 1. The average molecular weight is 192 g/mol. The Labute approximate surface area is 60.9 Å². The monoisotopic (exact) mass is 191 g/mol. The van der Waals surface area contributed by atoms with Gasteiger partial charge in [0.15, 0.2) is 0 Å². The quantitative estimate of drug-likeness (QED) is 0.471. The molecule has 3 nitrogen and oxygen atoms in total. The predicted octanol–water partition coefficient (Wildman–Crippen LogP) is 0.0440. The van der Waals surface area contributed by atoms with Crippen LogP contribution in [0.5, 0.6) is 0 Å². The maximum Gasteiger partial charge on any atom is 0.231 e. The molecule has 50 valence electrons. The van der Waals surface area contributed by atoms with Gasteiger partial charge < -0.3 is 0 Å². The van der Waals surface area contributed by atoms with Gasteiger partial charge in [-0.25, -0.2) is 0 Å². The number of carbonyl (C=O) groups excluding carboxylic acids is 2. The van der Waals surface area contributed by atoms with Crippen LogP contribution in [0.15, 0.2) is 0 Å². The summed E-state index contributed by atoms with van der Waals surface area (Å²) in [6, 6.07) is 0. The van der Waals surface area contributed by atoms with E-state index in [0.29, 0.717) is 11.8 Å². The van der Waals surface area contributed by atoms with Gasteiger partial charge in [0.05, 0.1) is 5.92 Å². The molecule has 9 heavy (non-hydrogen) atoms. The van der Waals surface area contributed by atoms with E-state index in [1.165, 1.54) is 0 Å². The van der Waals surface area contributed by atoms with Crippen LogP contribution in [0.3, 0.4) is 0 Å². The minimum Gasteiger partial charge on any atom is -0.296 e. The van der Waals surface area contributed by atoms with Crippen molar-refractivity contribution in [3.05, 3.63) is 0 Å². The normalized spacial score (nSPS) is 26.6. The third-order valence-electron chi connectivity index (χ3n) is 1.25. The summed E-state index contributed by atoms with van der Waals surface area (Å²) in [6.45, 7) is 0. The number of rotatable bonds is 1. The highest BCUT2D eigenvalue weighted by Crippen LogP contribution is 2.12. The lowest BCUT2D eigenvalue weighted by Gasteiger charge is -1.94. The fourth-order valence-corrected chi connectivity index (χ4v) is 1.25. The second kappa shape index (κ2) is 2.47. The molecule has 1 unspecified atom stereocenters. The molecule has 1 saturated heterocycles. The highest BCUT2D eigenvalue weighted by molar-refractivity contribution is 9.09. The third kappa shape index (κ3) is 1.30. The van der Waals surface area contributed by atoms with Gasteiger partial charge in [-0.3, -0.25) is 14.9 Å². The van der Waals surface area contributed by atoms with Gasteiger partial charge in [0, 0.05) is 11.8 Å². The summed E-state index contributed by atoms with van der Waals surface area (Å²) in [5, 5.41) is 2.78. The minimum atomic E-state index is -0.163. The molecule has 1 heterocycles. The van der Waals surface area contributed by atoms with E-state index in [4.69, 9.17) is 0 Å².